The standard InChI is InChI=1S/C29H39N3O3/c1-34-28-14-13-23(19-29(28)35-25-10-5-6-11-25)31-16-17-32(21-27(33)26-12-7-15-30-26)24(20-31)18-22-8-3-2-4-9-22/h2-4,8-9,13-14,19,24-26,30H,5-7,10-12,15-18,20-21H2,1H3/t24-,26-/m0/s1. The molecule has 0 spiro atoms. The maximum atomic E-state index is 13.0. The topological polar surface area (TPSA) is 54.0 Å². The largest absolute Gasteiger partial charge is 0.493 e. The van der Waals surface area contributed by atoms with Gasteiger partial charge in [-0.25, -0.2) is 0 Å². The number of benzene rings is 2. The zero-order valence-corrected chi connectivity index (χ0v) is 21.0. The van der Waals surface area contributed by atoms with Crippen LogP contribution in [-0.2, 0) is 11.2 Å². The Hall–Kier alpha value is -2.57. The van der Waals surface area contributed by atoms with E-state index in [4.69, 9.17) is 9.47 Å². The normalized spacial score (nSPS) is 23.5. The minimum atomic E-state index is 0.0299. The lowest BCUT2D eigenvalue weighted by Crippen LogP contribution is -2.56. The summed E-state index contributed by atoms with van der Waals surface area (Å²) in [6.45, 7) is 4.14. The highest BCUT2D eigenvalue weighted by Gasteiger charge is 2.32. The minimum absolute atomic E-state index is 0.0299. The molecule has 188 valence electrons. The van der Waals surface area contributed by atoms with Crippen molar-refractivity contribution in [1.82, 2.24) is 10.2 Å². The quantitative estimate of drug-likeness (QED) is 0.588. The van der Waals surface area contributed by atoms with Crippen LogP contribution in [0.1, 0.15) is 44.1 Å². The first-order valence-electron chi connectivity index (χ1n) is 13.3. The molecule has 1 aliphatic carbocycles. The maximum Gasteiger partial charge on any atom is 0.163 e. The Morgan fingerprint density at radius 2 is 1.83 bits per heavy atom. The summed E-state index contributed by atoms with van der Waals surface area (Å²) in [5, 5.41) is 3.38. The predicted molar refractivity (Wildman–Crippen MR) is 140 cm³/mol. The predicted octanol–water partition coefficient (Wildman–Crippen LogP) is 4.07. The molecule has 2 aromatic rings. The fourth-order valence-corrected chi connectivity index (χ4v) is 5.83. The Labute approximate surface area is 209 Å². The second-order valence-electron chi connectivity index (χ2n) is 10.2. The molecule has 0 unspecified atom stereocenters. The van der Waals surface area contributed by atoms with E-state index in [-0.39, 0.29) is 18.2 Å². The number of anilines is 1. The monoisotopic (exact) mass is 477 g/mol. The van der Waals surface area contributed by atoms with Gasteiger partial charge in [-0.1, -0.05) is 30.3 Å². The van der Waals surface area contributed by atoms with Gasteiger partial charge in [0, 0.05) is 37.4 Å². The lowest BCUT2D eigenvalue weighted by Gasteiger charge is -2.42. The van der Waals surface area contributed by atoms with Crippen molar-refractivity contribution in [2.75, 3.05) is 44.7 Å². The molecule has 0 radical (unpaired) electrons. The van der Waals surface area contributed by atoms with Crippen LogP contribution in [0.4, 0.5) is 5.69 Å². The third kappa shape index (κ3) is 5.99. The van der Waals surface area contributed by atoms with E-state index in [2.05, 4.69) is 57.6 Å². The van der Waals surface area contributed by atoms with Gasteiger partial charge in [-0.05, 0) is 69.2 Å². The van der Waals surface area contributed by atoms with Crippen LogP contribution in [-0.4, -0.2) is 68.7 Å². The SMILES string of the molecule is COc1ccc(N2CCN(CC(=O)[C@@H]3CCCN3)[C@@H](Cc3ccccc3)C2)cc1OC1CCCC1. The Kier molecular flexibility index (Phi) is 7.89. The second-order valence-corrected chi connectivity index (χ2v) is 10.2. The molecule has 3 aliphatic rings. The molecule has 0 aromatic heterocycles. The lowest BCUT2D eigenvalue weighted by molar-refractivity contribution is -0.122. The number of carbonyl (C=O) groups excluding carboxylic acids is 1. The van der Waals surface area contributed by atoms with Crippen molar-refractivity contribution < 1.29 is 14.3 Å². The molecule has 5 rings (SSSR count). The summed E-state index contributed by atoms with van der Waals surface area (Å²) >= 11 is 0. The van der Waals surface area contributed by atoms with Crippen LogP contribution in [0.5, 0.6) is 11.5 Å². The van der Waals surface area contributed by atoms with Crippen molar-refractivity contribution in [3.63, 3.8) is 0 Å². The zero-order valence-electron chi connectivity index (χ0n) is 21.0. The Bertz CT molecular complexity index is 970. The molecule has 2 aromatic carbocycles. The van der Waals surface area contributed by atoms with Gasteiger partial charge in [0.05, 0.1) is 25.8 Å². The van der Waals surface area contributed by atoms with Crippen molar-refractivity contribution in [3.8, 4) is 11.5 Å². The number of nitrogens with zero attached hydrogens (tertiary/aromatic N) is 2. The van der Waals surface area contributed by atoms with Crippen LogP contribution in [0.25, 0.3) is 0 Å². The van der Waals surface area contributed by atoms with Gasteiger partial charge < -0.3 is 19.7 Å². The van der Waals surface area contributed by atoms with Gasteiger partial charge in [-0.3, -0.25) is 9.69 Å². The van der Waals surface area contributed by atoms with Gasteiger partial charge in [0.15, 0.2) is 17.3 Å². The first kappa shape index (κ1) is 24.1. The molecule has 6 heteroatoms. The number of ketones is 1. The number of nitrogens with one attached hydrogen (secondary N) is 1. The number of rotatable bonds is 9. The number of Topliss-reactive ketones (excluding diaryl/α,β-unsaturated/α-hetero) is 1. The van der Waals surface area contributed by atoms with Crippen LogP contribution in [0.3, 0.4) is 0 Å². The van der Waals surface area contributed by atoms with Gasteiger partial charge in [-0.15, -0.1) is 0 Å². The number of methoxy groups -OCH3 is 1. The number of piperazine rings is 1. The third-order valence-electron chi connectivity index (χ3n) is 7.83. The van der Waals surface area contributed by atoms with Crippen molar-refractivity contribution in [2.45, 2.75) is 63.1 Å². The van der Waals surface area contributed by atoms with Gasteiger partial charge >= 0.3 is 0 Å². The third-order valence-corrected chi connectivity index (χ3v) is 7.83. The molecule has 2 heterocycles. The molecular formula is C29H39N3O3. The van der Waals surface area contributed by atoms with Crippen LogP contribution in [0, 0.1) is 0 Å². The summed E-state index contributed by atoms with van der Waals surface area (Å²) in [5.74, 6) is 1.99. The van der Waals surface area contributed by atoms with Gasteiger partial charge in [-0.2, -0.15) is 0 Å². The molecule has 0 amide bonds. The smallest absolute Gasteiger partial charge is 0.163 e. The molecule has 0 bridgehead atoms. The Morgan fingerprint density at radius 1 is 1.00 bits per heavy atom. The van der Waals surface area contributed by atoms with Crippen molar-refractivity contribution >= 4 is 11.5 Å². The molecule has 6 nitrogen and oxygen atoms in total. The summed E-state index contributed by atoms with van der Waals surface area (Å²) in [5.41, 5.74) is 2.48. The zero-order chi connectivity index (χ0) is 24.0. The molecule has 35 heavy (non-hydrogen) atoms. The van der Waals surface area contributed by atoms with Crippen LogP contribution >= 0.6 is 0 Å². The summed E-state index contributed by atoms with van der Waals surface area (Å²) in [6, 6.07) is 17.3. The number of hydrogen-bond donors (Lipinski definition) is 1. The van der Waals surface area contributed by atoms with E-state index >= 15 is 0 Å². The molecule has 2 aliphatic heterocycles. The maximum absolute atomic E-state index is 13.0. The Morgan fingerprint density at radius 3 is 2.57 bits per heavy atom. The number of ether oxygens (including phenoxy) is 2. The van der Waals surface area contributed by atoms with E-state index in [1.165, 1.54) is 24.1 Å². The van der Waals surface area contributed by atoms with E-state index in [9.17, 15) is 4.79 Å². The van der Waals surface area contributed by atoms with Gasteiger partial charge in [0.2, 0.25) is 0 Å². The van der Waals surface area contributed by atoms with Crippen molar-refractivity contribution in [2.24, 2.45) is 0 Å². The summed E-state index contributed by atoms with van der Waals surface area (Å²) in [4.78, 5) is 17.9. The van der Waals surface area contributed by atoms with E-state index < -0.39 is 0 Å². The van der Waals surface area contributed by atoms with Gasteiger partial charge in [0.25, 0.3) is 0 Å². The molecule has 1 saturated carbocycles. The van der Waals surface area contributed by atoms with E-state index in [1.54, 1.807) is 7.11 Å². The average Bonchev–Trinajstić information content (AvgIpc) is 3.61. The van der Waals surface area contributed by atoms with Crippen molar-refractivity contribution in [3.05, 3.63) is 54.1 Å². The summed E-state index contributed by atoms with van der Waals surface area (Å²) in [7, 11) is 1.71. The van der Waals surface area contributed by atoms with Crippen LogP contribution in [0.15, 0.2) is 48.5 Å². The summed E-state index contributed by atoms with van der Waals surface area (Å²) in [6.07, 6.45) is 8.01. The first-order chi connectivity index (χ1) is 17.2. The van der Waals surface area contributed by atoms with E-state index in [0.29, 0.717) is 12.3 Å². The number of hydrogen-bond acceptors (Lipinski definition) is 6. The number of carbonyl (C=O) groups is 1. The fraction of sp³-hybridized carbons (Fsp3) is 0.552. The van der Waals surface area contributed by atoms with Crippen LogP contribution < -0.4 is 19.7 Å². The summed E-state index contributed by atoms with van der Waals surface area (Å²) < 4.78 is 12.0. The second kappa shape index (κ2) is 11.4. The first-order valence-corrected chi connectivity index (χ1v) is 13.3. The lowest BCUT2D eigenvalue weighted by atomic mass is 10.00. The Balaban J connectivity index is 1.32. The fourth-order valence-electron chi connectivity index (χ4n) is 5.83. The minimum Gasteiger partial charge on any atom is -0.493 e. The highest BCUT2D eigenvalue weighted by molar-refractivity contribution is 5.86. The van der Waals surface area contributed by atoms with E-state index in [1.807, 2.05) is 6.07 Å². The van der Waals surface area contributed by atoms with Crippen LogP contribution in [0.2, 0.25) is 0 Å². The highest BCUT2D eigenvalue weighted by Crippen LogP contribution is 2.35. The van der Waals surface area contributed by atoms with Gasteiger partial charge in [0.1, 0.15) is 0 Å². The average molecular weight is 478 g/mol. The van der Waals surface area contributed by atoms with Crippen molar-refractivity contribution in [1.29, 1.82) is 0 Å². The molecule has 3 fully saturated rings. The molecule has 2 atom stereocenters. The molecular weight excluding hydrogens is 438 g/mol. The van der Waals surface area contributed by atoms with E-state index in [0.717, 1.165) is 69.8 Å². The highest BCUT2D eigenvalue weighted by atomic mass is 16.5. The molecule has 1 N–H and O–H groups in total. The molecule has 2 saturated heterocycles.